The van der Waals surface area contributed by atoms with Gasteiger partial charge >= 0.3 is 0 Å². The van der Waals surface area contributed by atoms with E-state index < -0.39 is 16.1 Å². The molecule has 0 N–H and O–H groups in total. The zero-order valence-corrected chi connectivity index (χ0v) is 19.2. The quantitative estimate of drug-likeness (QED) is 0.650. The average molecular weight is 470 g/mol. The number of halogens is 2. The van der Waals surface area contributed by atoms with Crippen molar-refractivity contribution >= 4 is 38.9 Å². The molecular formula is C21H25ClFN3O4S. The van der Waals surface area contributed by atoms with Crippen LogP contribution < -0.4 is 13.9 Å². The van der Waals surface area contributed by atoms with Crippen molar-refractivity contribution in [2.24, 2.45) is 0 Å². The van der Waals surface area contributed by atoms with Crippen molar-refractivity contribution in [1.82, 2.24) is 4.90 Å². The number of sulfonamides is 1. The minimum absolute atomic E-state index is 0.211. The first-order valence-electron chi connectivity index (χ1n) is 9.74. The van der Waals surface area contributed by atoms with Gasteiger partial charge in [-0.15, -0.1) is 0 Å². The highest BCUT2D eigenvalue weighted by molar-refractivity contribution is 7.92. The van der Waals surface area contributed by atoms with Crippen LogP contribution in [0.15, 0.2) is 42.5 Å². The van der Waals surface area contributed by atoms with Gasteiger partial charge in [-0.3, -0.25) is 9.10 Å². The molecule has 0 spiro atoms. The van der Waals surface area contributed by atoms with E-state index >= 15 is 0 Å². The van der Waals surface area contributed by atoms with E-state index in [9.17, 15) is 17.6 Å². The van der Waals surface area contributed by atoms with Gasteiger partial charge in [-0.25, -0.2) is 12.8 Å². The molecule has 1 fully saturated rings. The third-order valence-electron chi connectivity index (χ3n) is 5.23. The lowest BCUT2D eigenvalue weighted by atomic mass is 10.2. The molecule has 10 heteroatoms. The summed E-state index contributed by atoms with van der Waals surface area (Å²) in [5.41, 5.74) is 1.09. The smallest absolute Gasteiger partial charge is 0.246 e. The Morgan fingerprint density at radius 3 is 2.29 bits per heavy atom. The van der Waals surface area contributed by atoms with Crippen LogP contribution in [0.2, 0.25) is 5.02 Å². The maximum Gasteiger partial charge on any atom is 0.246 e. The zero-order valence-electron chi connectivity index (χ0n) is 17.6. The molecule has 168 valence electrons. The zero-order chi connectivity index (χ0) is 22.8. The Balaban J connectivity index is 1.79. The van der Waals surface area contributed by atoms with Crippen molar-refractivity contribution in [1.29, 1.82) is 0 Å². The number of ether oxygens (including phenoxy) is 1. The number of hydrogen-bond acceptors (Lipinski definition) is 5. The van der Waals surface area contributed by atoms with Gasteiger partial charge in [0.25, 0.3) is 0 Å². The monoisotopic (exact) mass is 469 g/mol. The molecule has 2 aromatic carbocycles. The summed E-state index contributed by atoms with van der Waals surface area (Å²) in [5, 5.41) is 0.331. The maximum absolute atomic E-state index is 13.2. The number of carbonyl (C=O) groups excluding carboxylic acids is 1. The van der Waals surface area contributed by atoms with Crippen molar-refractivity contribution in [3.63, 3.8) is 0 Å². The van der Waals surface area contributed by atoms with Crippen LogP contribution in [0.4, 0.5) is 15.8 Å². The topological polar surface area (TPSA) is 70.2 Å². The SMILES string of the molecule is COc1ccc(Cl)cc1N(C(C)C(=O)N1CCN(c2ccc(F)cc2)CC1)S(C)(=O)=O. The van der Waals surface area contributed by atoms with Gasteiger partial charge in [0, 0.05) is 36.9 Å². The molecule has 0 aliphatic carbocycles. The number of methoxy groups -OCH3 is 1. The van der Waals surface area contributed by atoms with E-state index in [0.717, 1.165) is 16.2 Å². The summed E-state index contributed by atoms with van der Waals surface area (Å²) in [4.78, 5) is 16.9. The third-order valence-corrected chi connectivity index (χ3v) is 6.69. The first kappa shape index (κ1) is 23.1. The molecule has 1 heterocycles. The van der Waals surface area contributed by atoms with E-state index in [-0.39, 0.29) is 17.4 Å². The van der Waals surface area contributed by atoms with Crippen molar-refractivity contribution in [3.05, 3.63) is 53.3 Å². The van der Waals surface area contributed by atoms with Gasteiger partial charge in [0.2, 0.25) is 15.9 Å². The summed E-state index contributed by atoms with van der Waals surface area (Å²) in [7, 11) is -2.38. The maximum atomic E-state index is 13.2. The molecule has 31 heavy (non-hydrogen) atoms. The molecule has 1 aliphatic rings. The second-order valence-electron chi connectivity index (χ2n) is 7.34. The van der Waals surface area contributed by atoms with Gasteiger partial charge < -0.3 is 14.5 Å². The molecule has 0 aromatic heterocycles. The van der Waals surface area contributed by atoms with Crippen molar-refractivity contribution in [2.75, 3.05) is 48.7 Å². The fourth-order valence-electron chi connectivity index (χ4n) is 3.71. The van der Waals surface area contributed by atoms with Gasteiger partial charge in [0.05, 0.1) is 19.1 Å². The van der Waals surface area contributed by atoms with Crippen LogP contribution in [0.5, 0.6) is 5.75 Å². The second-order valence-corrected chi connectivity index (χ2v) is 9.64. The van der Waals surface area contributed by atoms with Crippen LogP contribution >= 0.6 is 11.6 Å². The third kappa shape index (κ3) is 5.22. The standard InChI is InChI=1S/C21H25ClFN3O4S/c1-15(26(31(3,28)29)19-14-16(22)4-9-20(19)30-2)21(27)25-12-10-24(11-13-25)18-7-5-17(23)6-8-18/h4-9,14-15H,10-13H2,1-3H3. The summed E-state index contributed by atoms with van der Waals surface area (Å²) in [5.74, 6) is -0.314. The predicted octanol–water partition coefficient (Wildman–Crippen LogP) is 2.99. The number of nitrogens with zero attached hydrogens (tertiary/aromatic N) is 3. The normalized spacial score (nSPS) is 15.5. The van der Waals surface area contributed by atoms with Crippen molar-refractivity contribution in [2.45, 2.75) is 13.0 Å². The second kappa shape index (κ2) is 9.32. The Morgan fingerprint density at radius 1 is 1.13 bits per heavy atom. The minimum Gasteiger partial charge on any atom is -0.495 e. The van der Waals surface area contributed by atoms with E-state index in [1.165, 1.54) is 25.3 Å². The number of carbonyl (C=O) groups is 1. The summed E-state index contributed by atoms with van der Waals surface area (Å²) < 4.78 is 44.8. The van der Waals surface area contributed by atoms with Crippen LogP contribution in [-0.4, -0.2) is 64.8 Å². The van der Waals surface area contributed by atoms with Crippen LogP contribution in [0.1, 0.15) is 6.92 Å². The van der Waals surface area contributed by atoms with E-state index in [4.69, 9.17) is 16.3 Å². The summed E-state index contributed by atoms with van der Waals surface area (Å²) in [6.45, 7) is 3.51. The lowest BCUT2D eigenvalue weighted by Gasteiger charge is -2.39. The van der Waals surface area contributed by atoms with Gasteiger partial charge in [-0.2, -0.15) is 0 Å². The summed E-state index contributed by atoms with van der Waals surface area (Å²) in [6, 6.07) is 9.84. The molecule has 1 aliphatic heterocycles. The lowest BCUT2D eigenvalue weighted by molar-refractivity contribution is -0.132. The molecule has 1 amide bonds. The highest BCUT2D eigenvalue weighted by atomic mass is 35.5. The van der Waals surface area contributed by atoms with Gasteiger partial charge in [0.1, 0.15) is 17.6 Å². The Bertz CT molecular complexity index is 1040. The molecule has 1 unspecified atom stereocenters. The Hall–Kier alpha value is -2.52. The molecule has 0 saturated carbocycles. The van der Waals surface area contributed by atoms with Crippen LogP contribution in [0.3, 0.4) is 0 Å². The molecule has 1 saturated heterocycles. The van der Waals surface area contributed by atoms with E-state index in [0.29, 0.717) is 37.0 Å². The molecule has 7 nitrogen and oxygen atoms in total. The Morgan fingerprint density at radius 2 is 1.74 bits per heavy atom. The van der Waals surface area contributed by atoms with E-state index in [1.807, 2.05) is 0 Å². The number of benzene rings is 2. The van der Waals surface area contributed by atoms with Gasteiger partial charge in [-0.1, -0.05) is 11.6 Å². The fraction of sp³-hybridized carbons (Fsp3) is 0.381. The highest BCUT2D eigenvalue weighted by Gasteiger charge is 2.35. The number of anilines is 2. The predicted molar refractivity (Wildman–Crippen MR) is 120 cm³/mol. The van der Waals surface area contributed by atoms with Crippen LogP contribution in [-0.2, 0) is 14.8 Å². The molecule has 0 radical (unpaired) electrons. The molecule has 0 bridgehead atoms. The van der Waals surface area contributed by atoms with E-state index in [1.54, 1.807) is 36.1 Å². The number of rotatable bonds is 6. The minimum atomic E-state index is -3.81. The highest BCUT2D eigenvalue weighted by Crippen LogP contribution is 2.34. The Labute approximate surface area is 187 Å². The van der Waals surface area contributed by atoms with Crippen LogP contribution in [0.25, 0.3) is 0 Å². The largest absolute Gasteiger partial charge is 0.495 e. The van der Waals surface area contributed by atoms with Crippen molar-refractivity contribution in [3.8, 4) is 5.75 Å². The molecule has 3 rings (SSSR count). The molecule has 1 atom stereocenters. The summed E-state index contributed by atoms with van der Waals surface area (Å²) in [6.07, 6.45) is 1.05. The number of hydrogen-bond donors (Lipinski definition) is 0. The van der Waals surface area contributed by atoms with Crippen molar-refractivity contribution < 1.29 is 22.3 Å². The first-order chi connectivity index (χ1) is 14.6. The average Bonchev–Trinajstić information content (AvgIpc) is 2.73. The lowest BCUT2D eigenvalue weighted by Crippen LogP contribution is -2.55. The van der Waals surface area contributed by atoms with E-state index in [2.05, 4.69) is 4.90 Å². The van der Waals surface area contributed by atoms with Gasteiger partial charge in [-0.05, 0) is 49.4 Å². The fourth-order valence-corrected chi connectivity index (χ4v) is 5.04. The van der Waals surface area contributed by atoms with Gasteiger partial charge in [0.15, 0.2) is 0 Å². The molecular weight excluding hydrogens is 445 g/mol. The number of piperazine rings is 1. The number of amides is 1. The summed E-state index contributed by atoms with van der Waals surface area (Å²) >= 11 is 6.08. The first-order valence-corrected chi connectivity index (χ1v) is 12.0. The molecule has 2 aromatic rings. The van der Waals surface area contributed by atoms with Crippen LogP contribution in [0, 0.1) is 5.82 Å². The Kier molecular flexibility index (Phi) is 6.96.